The SMILES string of the molecule is COC(=O)c1cccc(S(=O)(=O)NCc2ccc(CN3CCOCC3)cc2)c1. The largest absolute Gasteiger partial charge is 0.465 e. The van der Waals surface area contributed by atoms with E-state index in [-0.39, 0.29) is 17.0 Å². The zero-order valence-electron chi connectivity index (χ0n) is 15.8. The number of rotatable bonds is 7. The number of nitrogens with one attached hydrogen (secondary N) is 1. The number of carbonyl (C=O) groups excluding carboxylic acids is 1. The lowest BCUT2D eigenvalue weighted by atomic mass is 10.1. The number of methoxy groups -OCH3 is 1. The van der Waals surface area contributed by atoms with Gasteiger partial charge in [0.2, 0.25) is 10.0 Å². The van der Waals surface area contributed by atoms with Crippen molar-refractivity contribution in [3.05, 3.63) is 65.2 Å². The summed E-state index contributed by atoms with van der Waals surface area (Å²) in [5.74, 6) is -0.576. The van der Waals surface area contributed by atoms with E-state index in [2.05, 4.69) is 14.4 Å². The molecule has 2 aromatic carbocycles. The summed E-state index contributed by atoms with van der Waals surface area (Å²) >= 11 is 0. The molecule has 1 heterocycles. The molecule has 0 unspecified atom stereocenters. The fourth-order valence-electron chi connectivity index (χ4n) is 2.95. The van der Waals surface area contributed by atoms with Crippen molar-refractivity contribution in [2.45, 2.75) is 18.0 Å². The van der Waals surface area contributed by atoms with Gasteiger partial charge in [-0.2, -0.15) is 0 Å². The molecule has 0 aliphatic carbocycles. The first-order chi connectivity index (χ1) is 13.5. The fraction of sp³-hybridized carbons (Fsp3) is 0.350. The lowest BCUT2D eigenvalue weighted by molar-refractivity contribution is 0.0342. The third-order valence-corrected chi connectivity index (χ3v) is 5.96. The maximum absolute atomic E-state index is 12.5. The van der Waals surface area contributed by atoms with Gasteiger partial charge in [0.25, 0.3) is 0 Å². The van der Waals surface area contributed by atoms with Crippen LogP contribution in [0.5, 0.6) is 0 Å². The molecule has 0 spiro atoms. The van der Waals surface area contributed by atoms with Crippen LogP contribution in [0.4, 0.5) is 0 Å². The molecule has 150 valence electrons. The monoisotopic (exact) mass is 404 g/mol. The first-order valence-corrected chi connectivity index (χ1v) is 10.5. The fourth-order valence-corrected chi connectivity index (χ4v) is 4.01. The number of hydrogen-bond acceptors (Lipinski definition) is 6. The van der Waals surface area contributed by atoms with Crippen LogP contribution in [-0.4, -0.2) is 52.7 Å². The van der Waals surface area contributed by atoms with Crippen LogP contribution in [0.2, 0.25) is 0 Å². The summed E-state index contributed by atoms with van der Waals surface area (Å²) in [4.78, 5) is 14.0. The van der Waals surface area contributed by atoms with Crippen molar-refractivity contribution in [1.82, 2.24) is 9.62 Å². The van der Waals surface area contributed by atoms with Crippen molar-refractivity contribution in [2.24, 2.45) is 0 Å². The number of sulfonamides is 1. The van der Waals surface area contributed by atoms with Gasteiger partial charge in [-0.3, -0.25) is 4.90 Å². The van der Waals surface area contributed by atoms with E-state index in [1.54, 1.807) is 0 Å². The summed E-state index contributed by atoms with van der Waals surface area (Å²) in [6.45, 7) is 4.39. The Morgan fingerprint density at radius 1 is 1.11 bits per heavy atom. The van der Waals surface area contributed by atoms with E-state index in [0.29, 0.717) is 0 Å². The number of carbonyl (C=O) groups is 1. The van der Waals surface area contributed by atoms with E-state index in [1.807, 2.05) is 24.3 Å². The highest BCUT2D eigenvalue weighted by molar-refractivity contribution is 7.89. The van der Waals surface area contributed by atoms with Crippen molar-refractivity contribution in [2.75, 3.05) is 33.4 Å². The molecule has 1 saturated heterocycles. The molecule has 1 fully saturated rings. The van der Waals surface area contributed by atoms with Gasteiger partial charge in [-0.1, -0.05) is 30.3 Å². The molecule has 1 aliphatic rings. The molecule has 7 nitrogen and oxygen atoms in total. The van der Waals surface area contributed by atoms with Crippen molar-refractivity contribution in [3.63, 3.8) is 0 Å². The van der Waals surface area contributed by atoms with Gasteiger partial charge in [-0.05, 0) is 29.3 Å². The molecule has 3 rings (SSSR count). The van der Waals surface area contributed by atoms with Crippen LogP contribution in [0, 0.1) is 0 Å². The molecule has 2 aromatic rings. The summed E-state index contributed by atoms with van der Waals surface area (Å²) in [5, 5.41) is 0. The van der Waals surface area contributed by atoms with Crippen LogP contribution in [0.1, 0.15) is 21.5 Å². The van der Waals surface area contributed by atoms with Crippen LogP contribution in [-0.2, 0) is 32.6 Å². The van der Waals surface area contributed by atoms with Crippen molar-refractivity contribution in [3.8, 4) is 0 Å². The van der Waals surface area contributed by atoms with Gasteiger partial charge in [0.1, 0.15) is 0 Å². The van der Waals surface area contributed by atoms with E-state index in [1.165, 1.54) is 36.9 Å². The van der Waals surface area contributed by atoms with E-state index in [9.17, 15) is 13.2 Å². The third-order valence-electron chi connectivity index (χ3n) is 4.56. The van der Waals surface area contributed by atoms with Crippen molar-refractivity contribution < 1.29 is 22.7 Å². The lowest BCUT2D eigenvalue weighted by Gasteiger charge is -2.26. The van der Waals surface area contributed by atoms with Gasteiger partial charge in [-0.15, -0.1) is 0 Å². The average Bonchev–Trinajstić information content (AvgIpc) is 2.73. The molecule has 0 radical (unpaired) electrons. The summed E-state index contributed by atoms with van der Waals surface area (Å²) in [6, 6.07) is 13.6. The second-order valence-corrected chi connectivity index (χ2v) is 8.32. The van der Waals surface area contributed by atoms with Crippen LogP contribution in [0.3, 0.4) is 0 Å². The minimum Gasteiger partial charge on any atom is -0.465 e. The quantitative estimate of drug-likeness (QED) is 0.708. The highest BCUT2D eigenvalue weighted by Crippen LogP contribution is 2.14. The molecule has 8 heteroatoms. The van der Waals surface area contributed by atoms with Gasteiger partial charge in [-0.25, -0.2) is 17.9 Å². The minimum absolute atomic E-state index is 0.0272. The van der Waals surface area contributed by atoms with Crippen molar-refractivity contribution in [1.29, 1.82) is 0 Å². The summed E-state index contributed by atoms with van der Waals surface area (Å²) in [7, 11) is -2.48. The van der Waals surface area contributed by atoms with Crippen LogP contribution < -0.4 is 4.72 Å². The summed E-state index contributed by atoms with van der Waals surface area (Å²) in [6.07, 6.45) is 0. The molecule has 0 saturated carbocycles. The zero-order chi connectivity index (χ0) is 20.0. The second-order valence-electron chi connectivity index (χ2n) is 6.55. The minimum atomic E-state index is -3.74. The molecular weight excluding hydrogens is 380 g/mol. The predicted octanol–water partition coefficient (Wildman–Crippen LogP) is 1.78. The number of benzene rings is 2. The topological polar surface area (TPSA) is 84.9 Å². The number of morpholine rings is 1. The Morgan fingerprint density at radius 2 is 1.79 bits per heavy atom. The highest BCUT2D eigenvalue weighted by atomic mass is 32.2. The molecule has 0 amide bonds. The number of ether oxygens (including phenoxy) is 2. The predicted molar refractivity (Wildman–Crippen MR) is 104 cm³/mol. The maximum Gasteiger partial charge on any atom is 0.337 e. The van der Waals surface area contributed by atoms with E-state index >= 15 is 0 Å². The average molecular weight is 404 g/mol. The van der Waals surface area contributed by atoms with E-state index in [0.717, 1.165) is 38.4 Å². The highest BCUT2D eigenvalue weighted by Gasteiger charge is 2.16. The Bertz CT molecular complexity index is 906. The first kappa shape index (κ1) is 20.5. The van der Waals surface area contributed by atoms with Gasteiger partial charge in [0.15, 0.2) is 0 Å². The van der Waals surface area contributed by atoms with Crippen LogP contribution in [0.25, 0.3) is 0 Å². The maximum atomic E-state index is 12.5. The van der Waals surface area contributed by atoms with Gasteiger partial charge in [0.05, 0.1) is 30.8 Å². The van der Waals surface area contributed by atoms with Crippen molar-refractivity contribution >= 4 is 16.0 Å². The Kier molecular flexibility index (Phi) is 6.79. The molecule has 1 aliphatic heterocycles. The van der Waals surface area contributed by atoms with Crippen LogP contribution in [0.15, 0.2) is 53.4 Å². The zero-order valence-corrected chi connectivity index (χ0v) is 16.6. The smallest absolute Gasteiger partial charge is 0.337 e. The summed E-state index contributed by atoms with van der Waals surface area (Å²) in [5.41, 5.74) is 2.23. The van der Waals surface area contributed by atoms with E-state index in [4.69, 9.17) is 4.74 Å². The lowest BCUT2D eigenvalue weighted by Crippen LogP contribution is -2.35. The number of esters is 1. The van der Waals surface area contributed by atoms with Gasteiger partial charge >= 0.3 is 5.97 Å². The number of nitrogens with zero attached hydrogens (tertiary/aromatic N) is 1. The number of hydrogen-bond donors (Lipinski definition) is 1. The van der Waals surface area contributed by atoms with Gasteiger partial charge in [0, 0.05) is 26.2 Å². The van der Waals surface area contributed by atoms with Gasteiger partial charge < -0.3 is 9.47 Å². The molecule has 0 atom stereocenters. The Hall–Kier alpha value is -2.26. The Balaban J connectivity index is 1.60. The van der Waals surface area contributed by atoms with E-state index < -0.39 is 16.0 Å². The summed E-state index contributed by atoms with van der Waals surface area (Å²) < 4.78 is 37.6. The molecule has 28 heavy (non-hydrogen) atoms. The van der Waals surface area contributed by atoms with Crippen LogP contribution >= 0.6 is 0 Å². The third kappa shape index (κ3) is 5.39. The molecular formula is C20H24N2O5S. The Morgan fingerprint density at radius 3 is 2.46 bits per heavy atom. The Labute approximate surface area is 165 Å². The second kappa shape index (κ2) is 9.29. The molecule has 0 aromatic heterocycles. The normalized spacial score (nSPS) is 15.3. The first-order valence-electron chi connectivity index (χ1n) is 9.04. The molecule has 0 bridgehead atoms. The molecule has 1 N–H and O–H groups in total. The standard InChI is InChI=1S/C20H24N2O5S/c1-26-20(23)18-3-2-4-19(13-18)28(24,25)21-14-16-5-7-17(8-6-16)15-22-9-11-27-12-10-22/h2-8,13,21H,9-12,14-15H2,1H3.